The van der Waals surface area contributed by atoms with Gasteiger partial charge in [-0.05, 0) is 105 Å². The van der Waals surface area contributed by atoms with Gasteiger partial charge < -0.3 is 107 Å². The highest BCUT2D eigenvalue weighted by atomic mass is 16.3. The van der Waals surface area contributed by atoms with Gasteiger partial charge in [0.2, 0.25) is 82.7 Å². The Bertz CT molecular complexity index is 4130. The van der Waals surface area contributed by atoms with E-state index in [2.05, 4.69) is 95.7 Å². The molecule has 0 bridgehead atoms. The average Bonchev–Trinajstić information content (AvgIpc) is 1.52. The molecule has 3 saturated carbocycles. The standard InChI is InChI=1S/C88H129N19O15/c1-48(2)29-54(36-95-82(116)59-19-12-23-68(59)100-76(110)33-56(31-51-15-8-6-9-16-51)98-84(118)61-21-14-22-67(61)97-50(5)108)80(114)104-72-44-92-40-64(72)87(121)106-74-46-91-39-63(74)85(119)99-57(32-52-17-10-7-11-18-52)34-77(111)101-69-24-13-20-60(69)83(117)96-37-55(30-53-25-27-58(109)28-26-53)81(115)105-73-45-93-41-65(73)88(122)107-75-47-94-42-66(75)86(120)103-70(49(3)4)35-78(112)102-71-43-90-38-62(71)79(89)113/h6-11,15-18,25-28,48-49,54-57,59-75,90-94,109H,12-14,19-24,29-47H2,1-5H3,(H2,89,113)(H,95,116)(H,96,117)(H,97,108)(H,98,118)(H,99,119)(H,100,110)(H,101,111)(H,102,112)(H,103,120)(H,104,114)(H,105,115)(H,106,121)(H,107,122)/t54-,55-,56-,57-,59?,60?,61?,62?,63?,64?,65?,66?,67?,68?,69?,70+,71?,72?,73?,74?,75?/m0/s1. The number of carbonyl (C=O) groups is 14. The zero-order chi connectivity index (χ0) is 87.1. The first-order chi connectivity index (χ1) is 58.6. The number of nitrogens with one attached hydrogen (secondary N) is 18. The van der Waals surface area contributed by atoms with Crippen molar-refractivity contribution in [3.8, 4) is 5.75 Å². The normalized spacial score (nSPS) is 27.2. The molecule has 8 aliphatic rings. The Hall–Kier alpha value is -10.2. The second-order valence-corrected chi connectivity index (χ2v) is 35.8. The molecule has 21 atom stereocenters. The summed E-state index contributed by atoms with van der Waals surface area (Å²) in [6, 6.07) is 19.1. The van der Waals surface area contributed by atoms with Crippen LogP contribution in [0.25, 0.3) is 0 Å². The van der Waals surface area contributed by atoms with Crippen molar-refractivity contribution in [2.75, 3.05) is 78.5 Å². The fraction of sp³-hybridized carbons (Fsp3) is 0.636. The Morgan fingerprint density at radius 3 is 1.16 bits per heavy atom. The number of hydrogen-bond acceptors (Lipinski definition) is 20. The molecule has 14 amide bonds. The fourth-order valence-electron chi connectivity index (χ4n) is 19.0. The van der Waals surface area contributed by atoms with Crippen molar-refractivity contribution in [2.45, 2.75) is 204 Å². The summed E-state index contributed by atoms with van der Waals surface area (Å²) in [5, 5.41) is 65.8. The predicted molar refractivity (Wildman–Crippen MR) is 453 cm³/mol. The number of amides is 14. The molecule has 34 nitrogen and oxygen atoms in total. The highest BCUT2D eigenvalue weighted by Crippen LogP contribution is 2.31. The minimum atomic E-state index is -0.858. The molecule has 3 aliphatic carbocycles. The smallest absolute Gasteiger partial charge is 0.226 e. The maximum absolute atomic E-state index is 14.6. The third kappa shape index (κ3) is 26.4. The van der Waals surface area contributed by atoms with Crippen molar-refractivity contribution in [2.24, 2.45) is 76.7 Å². The third-order valence-electron chi connectivity index (χ3n) is 25.8. The lowest BCUT2D eigenvalue weighted by Crippen LogP contribution is -2.54. The number of aromatic hydroxyl groups is 1. The van der Waals surface area contributed by atoms with Crippen LogP contribution in [0.3, 0.4) is 0 Å². The zero-order valence-corrected chi connectivity index (χ0v) is 70.9. The summed E-state index contributed by atoms with van der Waals surface area (Å²) < 4.78 is 0. The maximum Gasteiger partial charge on any atom is 0.226 e. The molecule has 16 unspecified atom stereocenters. The monoisotopic (exact) mass is 1690 g/mol. The Balaban J connectivity index is 0.647. The van der Waals surface area contributed by atoms with Crippen LogP contribution in [0.5, 0.6) is 5.75 Å². The van der Waals surface area contributed by atoms with Crippen molar-refractivity contribution in [1.29, 1.82) is 0 Å². The van der Waals surface area contributed by atoms with E-state index in [0.717, 1.165) is 17.5 Å². The Morgan fingerprint density at radius 2 is 0.730 bits per heavy atom. The molecule has 21 N–H and O–H groups in total. The van der Waals surface area contributed by atoms with Gasteiger partial charge in [0.15, 0.2) is 0 Å². The van der Waals surface area contributed by atoms with E-state index < -0.39 is 137 Å². The lowest BCUT2D eigenvalue weighted by atomic mass is 9.93. The molecule has 5 saturated heterocycles. The predicted octanol–water partition coefficient (Wildman–Crippen LogP) is -1.91. The van der Waals surface area contributed by atoms with Crippen LogP contribution in [0.4, 0.5) is 0 Å². The van der Waals surface area contributed by atoms with Gasteiger partial charge in [0.05, 0.1) is 89.4 Å². The van der Waals surface area contributed by atoms with Gasteiger partial charge in [-0.1, -0.05) is 120 Å². The number of benzene rings is 3. The molecule has 3 aromatic carbocycles. The molecule has 11 rings (SSSR count). The maximum atomic E-state index is 14.6. The number of rotatable bonds is 40. The molecule has 3 aromatic rings. The lowest BCUT2D eigenvalue weighted by Gasteiger charge is -2.28. The number of hydrogen-bond donors (Lipinski definition) is 20. The lowest BCUT2D eigenvalue weighted by molar-refractivity contribution is -0.132. The Morgan fingerprint density at radius 1 is 0.369 bits per heavy atom. The van der Waals surface area contributed by atoms with E-state index in [1.165, 1.54) is 19.1 Å². The van der Waals surface area contributed by atoms with Gasteiger partial charge in [0.1, 0.15) is 5.75 Å². The summed E-state index contributed by atoms with van der Waals surface area (Å²) in [5.41, 5.74) is 8.05. The van der Waals surface area contributed by atoms with E-state index in [0.29, 0.717) is 96.0 Å². The molecule has 666 valence electrons. The summed E-state index contributed by atoms with van der Waals surface area (Å²) >= 11 is 0. The quantitative estimate of drug-likeness (QED) is 0.0295. The molecule has 5 heterocycles. The summed E-state index contributed by atoms with van der Waals surface area (Å²) in [5.74, 6) is -11.6. The molecule has 122 heavy (non-hydrogen) atoms. The summed E-state index contributed by atoms with van der Waals surface area (Å²) in [6.45, 7) is 11.9. The van der Waals surface area contributed by atoms with Gasteiger partial charge in [0.25, 0.3) is 0 Å². The van der Waals surface area contributed by atoms with E-state index in [1.807, 2.05) is 88.4 Å². The van der Waals surface area contributed by atoms with Crippen molar-refractivity contribution in [3.63, 3.8) is 0 Å². The highest BCUT2D eigenvalue weighted by Gasteiger charge is 2.46. The number of phenolic OH excluding ortho intramolecular Hbond substituents is 1. The van der Waals surface area contributed by atoms with Crippen LogP contribution >= 0.6 is 0 Å². The highest BCUT2D eigenvalue weighted by molar-refractivity contribution is 5.90. The van der Waals surface area contributed by atoms with Crippen molar-refractivity contribution >= 4 is 82.7 Å². The van der Waals surface area contributed by atoms with Crippen LogP contribution in [-0.4, -0.2) is 233 Å². The Labute approximate surface area is 713 Å². The van der Waals surface area contributed by atoms with E-state index >= 15 is 0 Å². The SMILES string of the molecule is CC(=O)NC1CCCC1C(=O)N[C@H](CC(=O)NC1CCCC1C(=O)NC[C@H](CC(C)C)C(=O)NC1CNCC1C(=O)NC1CNCC1C(=O)N[C@H](CC(=O)NC1CCCC1C(=O)NC[C@H](Cc1ccc(O)cc1)C(=O)NC1CNCC1C(=O)NC1CNCC1C(=O)N[C@H](CC(=O)NC1CNCC1C(N)=O)C(C)C)Cc1ccccc1)Cc1ccccc1. The summed E-state index contributed by atoms with van der Waals surface area (Å²) in [7, 11) is 0. The van der Waals surface area contributed by atoms with Gasteiger partial charge in [-0.2, -0.15) is 0 Å². The van der Waals surface area contributed by atoms with Gasteiger partial charge in [0, 0.05) is 141 Å². The first kappa shape index (κ1) is 92.6. The second kappa shape index (κ2) is 44.8. The topological polar surface area (TPSA) is 502 Å². The second-order valence-electron chi connectivity index (χ2n) is 35.8. The molecular weight excluding hydrogens is 1560 g/mol. The van der Waals surface area contributed by atoms with Crippen LogP contribution in [0.2, 0.25) is 0 Å². The largest absolute Gasteiger partial charge is 0.508 e. The number of nitrogens with two attached hydrogens (primary N) is 1. The molecule has 0 spiro atoms. The molecule has 8 fully saturated rings. The number of phenols is 1. The van der Waals surface area contributed by atoms with Crippen molar-refractivity contribution in [1.82, 2.24) is 95.7 Å². The van der Waals surface area contributed by atoms with E-state index in [-0.39, 0.29) is 173 Å². The number of primary amides is 1. The molecular formula is C88H129N19O15. The first-order valence-electron chi connectivity index (χ1n) is 44.1. The van der Waals surface area contributed by atoms with Gasteiger partial charge >= 0.3 is 0 Å². The van der Waals surface area contributed by atoms with Crippen LogP contribution in [-0.2, 0) is 86.4 Å². The minimum absolute atomic E-state index is 0.0197. The zero-order valence-electron chi connectivity index (χ0n) is 70.9. The van der Waals surface area contributed by atoms with Gasteiger partial charge in [-0.25, -0.2) is 0 Å². The molecule has 0 aromatic heterocycles. The third-order valence-corrected chi connectivity index (χ3v) is 25.8. The van der Waals surface area contributed by atoms with Crippen LogP contribution < -0.4 is 101 Å². The van der Waals surface area contributed by atoms with E-state index in [9.17, 15) is 72.2 Å². The first-order valence-corrected chi connectivity index (χ1v) is 44.1. The Kier molecular flexibility index (Phi) is 34.0. The van der Waals surface area contributed by atoms with Crippen molar-refractivity contribution in [3.05, 3.63) is 102 Å². The summed E-state index contributed by atoms with van der Waals surface area (Å²) in [6.07, 6.45) is 6.49. The summed E-state index contributed by atoms with van der Waals surface area (Å²) in [4.78, 5) is 194. The van der Waals surface area contributed by atoms with Crippen LogP contribution in [0.1, 0.15) is 135 Å². The van der Waals surface area contributed by atoms with E-state index in [4.69, 9.17) is 5.73 Å². The van der Waals surface area contributed by atoms with E-state index in [1.54, 1.807) is 12.1 Å². The van der Waals surface area contributed by atoms with Crippen molar-refractivity contribution < 1.29 is 72.2 Å². The molecule has 5 aliphatic heterocycles. The van der Waals surface area contributed by atoms with Gasteiger partial charge in [-0.15, -0.1) is 0 Å². The minimum Gasteiger partial charge on any atom is -0.508 e. The van der Waals surface area contributed by atoms with Crippen LogP contribution in [0, 0.1) is 71.0 Å². The van der Waals surface area contributed by atoms with Gasteiger partial charge in [-0.3, -0.25) is 67.1 Å². The number of carbonyl (C=O) groups excluding carboxylic acids is 14. The average molecular weight is 1690 g/mol. The molecule has 34 heteroatoms. The van der Waals surface area contributed by atoms with Crippen LogP contribution in [0.15, 0.2) is 84.9 Å². The fourth-order valence-corrected chi connectivity index (χ4v) is 19.0. The molecule has 0 radical (unpaired) electrons.